The molecule has 0 bridgehead atoms. The molecule has 0 radical (unpaired) electrons. The van der Waals surface area contributed by atoms with Crippen LogP contribution in [0.2, 0.25) is 0 Å². The van der Waals surface area contributed by atoms with E-state index in [2.05, 4.69) is 5.32 Å². The number of anilines is 2. The zero-order chi connectivity index (χ0) is 16.4. The standard InChI is InChI=1S/C16H18N2O3S2/c1-2-23(20,21)18-9-3-5-12-7-8-13(11-14(12)18)17-16(19)15-6-4-10-22-15/h4,6-8,10-11H,2-3,5,9H2,1H3,(H,17,19). The van der Waals surface area contributed by atoms with Gasteiger partial charge in [-0.05, 0) is 48.9 Å². The number of nitrogens with one attached hydrogen (secondary N) is 1. The molecule has 1 aliphatic heterocycles. The molecule has 0 saturated carbocycles. The van der Waals surface area contributed by atoms with Crippen molar-refractivity contribution in [2.45, 2.75) is 19.8 Å². The predicted molar refractivity (Wildman–Crippen MR) is 93.8 cm³/mol. The molecule has 122 valence electrons. The van der Waals surface area contributed by atoms with Gasteiger partial charge < -0.3 is 5.32 Å². The van der Waals surface area contributed by atoms with E-state index in [9.17, 15) is 13.2 Å². The third-order valence-corrected chi connectivity index (χ3v) is 6.51. The number of fused-ring (bicyclic) bond motifs is 1. The SMILES string of the molecule is CCS(=O)(=O)N1CCCc2ccc(NC(=O)c3cccs3)cc21. The smallest absolute Gasteiger partial charge is 0.265 e. The van der Waals surface area contributed by atoms with E-state index in [0.29, 0.717) is 22.8 Å². The quantitative estimate of drug-likeness (QED) is 0.921. The van der Waals surface area contributed by atoms with Gasteiger partial charge in [-0.3, -0.25) is 9.10 Å². The number of sulfonamides is 1. The average molecular weight is 350 g/mol. The van der Waals surface area contributed by atoms with E-state index in [1.54, 1.807) is 19.1 Å². The second-order valence-electron chi connectivity index (χ2n) is 5.35. The molecular weight excluding hydrogens is 332 g/mol. The molecule has 2 aromatic rings. The van der Waals surface area contributed by atoms with E-state index < -0.39 is 10.0 Å². The zero-order valence-corrected chi connectivity index (χ0v) is 14.4. The molecule has 0 saturated heterocycles. The minimum atomic E-state index is -3.30. The molecule has 7 heteroatoms. The van der Waals surface area contributed by atoms with Gasteiger partial charge in [0.2, 0.25) is 10.0 Å². The molecule has 1 amide bonds. The van der Waals surface area contributed by atoms with Crippen LogP contribution in [-0.4, -0.2) is 26.6 Å². The Morgan fingerprint density at radius 1 is 1.35 bits per heavy atom. The Kier molecular flexibility index (Phi) is 4.41. The van der Waals surface area contributed by atoms with E-state index in [4.69, 9.17) is 0 Å². The minimum Gasteiger partial charge on any atom is -0.321 e. The van der Waals surface area contributed by atoms with Crippen LogP contribution < -0.4 is 9.62 Å². The number of hydrogen-bond acceptors (Lipinski definition) is 4. The fraction of sp³-hybridized carbons (Fsp3) is 0.312. The van der Waals surface area contributed by atoms with Crippen LogP contribution in [-0.2, 0) is 16.4 Å². The highest BCUT2D eigenvalue weighted by molar-refractivity contribution is 7.92. The van der Waals surface area contributed by atoms with Crippen LogP contribution >= 0.6 is 11.3 Å². The highest BCUT2D eigenvalue weighted by Gasteiger charge is 2.26. The molecule has 23 heavy (non-hydrogen) atoms. The minimum absolute atomic E-state index is 0.0677. The average Bonchev–Trinajstić information content (AvgIpc) is 3.08. The lowest BCUT2D eigenvalue weighted by atomic mass is 10.0. The maximum absolute atomic E-state index is 12.3. The molecule has 0 unspecified atom stereocenters. The Balaban J connectivity index is 1.91. The number of amides is 1. The zero-order valence-electron chi connectivity index (χ0n) is 12.8. The van der Waals surface area contributed by atoms with E-state index in [1.807, 2.05) is 23.6 Å². The van der Waals surface area contributed by atoms with Crippen molar-refractivity contribution in [3.8, 4) is 0 Å². The summed E-state index contributed by atoms with van der Waals surface area (Å²) in [6.45, 7) is 2.14. The van der Waals surface area contributed by atoms with Gasteiger partial charge in [-0.25, -0.2) is 8.42 Å². The number of benzene rings is 1. The van der Waals surface area contributed by atoms with E-state index in [0.717, 1.165) is 18.4 Å². The first-order chi connectivity index (χ1) is 11.0. The normalized spacial score (nSPS) is 14.4. The van der Waals surface area contributed by atoms with Crippen molar-refractivity contribution in [2.24, 2.45) is 0 Å². The second kappa shape index (κ2) is 6.33. The van der Waals surface area contributed by atoms with Gasteiger partial charge in [-0.1, -0.05) is 12.1 Å². The van der Waals surface area contributed by atoms with Crippen LogP contribution in [0.15, 0.2) is 35.7 Å². The highest BCUT2D eigenvalue weighted by Crippen LogP contribution is 2.32. The van der Waals surface area contributed by atoms with Crippen molar-refractivity contribution in [1.82, 2.24) is 0 Å². The number of nitrogens with zero attached hydrogens (tertiary/aromatic N) is 1. The number of hydrogen-bond donors (Lipinski definition) is 1. The third-order valence-electron chi connectivity index (χ3n) is 3.86. The first-order valence-corrected chi connectivity index (χ1v) is 9.98. The molecule has 3 rings (SSSR count). The second-order valence-corrected chi connectivity index (χ2v) is 8.48. The van der Waals surface area contributed by atoms with Gasteiger partial charge in [0.1, 0.15) is 0 Å². The lowest BCUT2D eigenvalue weighted by Gasteiger charge is -2.30. The molecule has 0 atom stereocenters. The third kappa shape index (κ3) is 3.25. The Morgan fingerprint density at radius 3 is 2.87 bits per heavy atom. The maximum Gasteiger partial charge on any atom is 0.265 e. The Labute approximate surface area is 140 Å². The van der Waals surface area contributed by atoms with Gasteiger partial charge in [0.25, 0.3) is 5.91 Å². The van der Waals surface area contributed by atoms with E-state index >= 15 is 0 Å². The summed E-state index contributed by atoms with van der Waals surface area (Å²) in [6, 6.07) is 9.06. The summed E-state index contributed by atoms with van der Waals surface area (Å²) in [5.41, 5.74) is 2.30. The highest BCUT2D eigenvalue weighted by atomic mass is 32.2. The Hall–Kier alpha value is -1.86. The Morgan fingerprint density at radius 2 is 2.17 bits per heavy atom. The van der Waals surface area contributed by atoms with Crippen LogP contribution in [0.3, 0.4) is 0 Å². The van der Waals surface area contributed by atoms with Crippen LogP contribution in [0.1, 0.15) is 28.6 Å². The molecule has 0 spiro atoms. The van der Waals surface area contributed by atoms with Crippen LogP contribution in [0.4, 0.5) is 11.4 Å². The maximum atomic E-state index is 12.3. The number of thiophene rings is 1. The van der Waals surface area contributed by atoms with Gasteiger partial charge in [-0.2, -0.15) is 0 Å². The fourth-order valence-electron chi connectivity index (χ4n) is 2.66. The summed E-state index contributed by atoms with van der Waals surface area (Å²) < 4.78 is 26.0. The summed E-state index contributed by atoms with van der Waals surface area (Å²) in [6.07, 6.45) is 1.66. The fourth-order valence-corrected chi connectivity index (χ4v) is 4.47. The van der Waals surface area contributed by atoms with Crippen molar-refractivity contribution in [1.29, 1.82) is 0 Å². The van der Waals surface area contributed by atoms with Gasteiger partial charge >= 0.3 is 0 Å². The number of carbonyl (C=O) groups is 1. The molecule has 1 aromatic heterocycles. The summed E-state index contributed by atoms with van der Waals surface area (Å²) >= 11 is 1.37. The lowest BCUT2D eigenvalue weighted by Crippen LogP contribution is -2.36. The lowest BCUT2D eigenvalue weighted by molar-refractivity contribution is 0.103. The van der Waals surface area contributed by atoms with E-state index in [1.165, 1.54) is 15.6 Å². The molecule has 0 aliphatic carbocycles. The Bertz CT molecular complexity index is 814. The summed E-state index contributed by atoms with van der Waals surface area (Å²) in [5, 5.41) is 4.68. The molecular formula is C16H18N2O3S2. The topological polar surface area (TPSA) is 66.5 Å². The number of aryl methyl sites for hydroxylation is 1. The molecule has 5 nitrogen and oxygen atoms in total. The van der Waals surface area contributed by atoms with Crippen molar-refractivity contribution >= 4 is 38.6 Å². The van der Waals surface area contributed by atoms with Crippen LogP contribution in [0, 0.1) is 0 Å². The van der Waals surface area contributed by atoms with Crippen molar-refractivity contribution in [2.75, 3.05) is 21.9 Å². The molecule has 0 fully saturated rings. The van der Waals surface area contributed by atoms with Gasteiger partial charge in [0.05, 0.1) is 16.3 Å². The summed E-state index contributed by atoms with van der Waals surface area (Å²) in [4.78, 5) is 12.8. The summed E-state index contributed by atoms with van der Waals surface area (Å²) in [7, 11) is -3.30. The van der Waals surface area contributed by atoms with Crippen LogP contribution in [0.5, 0.6) is 0 Å². The van der Waals surface area contributed by atoms with Crippen LogP contribution in [0.25, 0.3) is 0 Å². The molecule has 1 aromatic carbocycles. The van der Waals surface area contributed by atoms with Crippen molar-refractivity contribution in [3.63, 3.8) is 0 Å². The predicted octanol–water partition coefficient (Wildman–Crippen LogP) is 3.10. The summed E-state index contributed by atoms with van der Waals surface area (Å²) in [5.74, 6) is -0.112. The van der Waals surface area contributed by atoms with Gasteiger partial charge in [0.15, 0.2) is 0 Å². The monoisotopic (exact) mass is 350 g/mol. The largest absolute Gasteiger partial charge is 0.321 e. The van der Waals surface area contributed by atoms with Gasteiger partial charge in [-0.15, -0.1) is 11.3 Å². The first-order valence-electron chi connectivity index (χ1n) is 7.49. The molecule has 2 heterocycles. The van der Waals surface area contributed by atoms with Crippen molar-refractivity contribution in [3.05, 3.63) is 46.2 Å². The molecule has 1 aliphatic rings. The first kappa shape index (κ1) is 16.0. The van der Waals surface area contributed by atoms with Crippen molar-refractivity contribution < 1.29 is 13.2 Å². The van der Waals surface area contributed by atoms with E-state index in [-0.39, 0.29) is 11.7 Å². The number of rotatable bonds is 4. The number of carbonyl (C=O) groups excluding carboxylic acids is 1. The molecule has 1 N–H and O–H groups in total. The van der Waals surface area contributed by atoms with Gasteiger partial charge in [0, 0.05) is 12.2 Å².